The molecule has 2 rings (SSSR count). The summed E-state index contributed by atoms with van der Waals surface area (Å²) in [6.07, 6.45) is 0.467. The zero-order chi connectivity index (χ0) is 14.0. The van der Waals surface area contributed by atoms with Gasteiger partial charge < -0.3 is 10.4 Å². The maximum Gasteiger partial charge on any atom is 0.223 e. The Bertz CT molecular complexity index is 456. The van der Waals surface area contributed by atoms with Gasteiger partial charge in [0.05, 0.1) is 6.10 Å². The fraction of sp³-hybridized carbons (Fsp3) is 0.500. The summed E-state index contributed by atoms with van der Waals surface area (Å²) in [5.41, 5.74) is 0.0122. The van der Waals surface area contributed by atoms with Crippen molar-refractivity contribution in [3.05, 3.63) is 35.4 Å². The van der Waals surface area contributed by atoms with Crippen LogP contribution in [0.15, 0.2) is 18.2 Å². The molecular weight excluding hydrogens is 252 g/mol. The van der Waals surface area contributed by atoms with E-state index in [1.54, 1.807) is 6.92 Å². The van der Waals surface area contributed by atoms with E-state index in [0.717, 1.165) is 0 Å². The molecule has 3 nitrogen and oxygen atoms in total. The number of halogens is 2. The van der Waals surface area contributed by atoms with E-state index in [1.807, 2.05) is 0 Å². The number of benzene rings is 1. The second kappa shape index (κ2) is 5.65. The first-order valence-electron chi connectivity index (χ1n) is 6.40. The highest BCUT2D eigenvalue weighted by Gasteiger charge is 2.46. The van der Waals surface area contributed by atoms with Crippen molar-refractivity contribution >= 4 is 5.91 Å². The van der Waals surface area contributed by atoms with Crippen molar-refractivity contribution in [2.45, 2.75) is 31.8 Å². The average Bonchev–Trinajstić information content (AvgIpc) is 3.08. The van der Waals surface area contributed by atoms with Gasteiger partial charge in [-0.05, 0) is 31.9 Å². The number of hydrogen-bond donors (Lipinski definition) is 2. The molecule has 3 unspecified atom stereocenters. The van der Waals surface area contributed by atoms with E-state index >= 15 is 0 Å². The Morgan fingerprint density at radius 2 is 2.11 bits per heavy atom. The standard InChI is InChI=1S/C14H17F2NO2/c1-8(18)5-6-17-14(19)10-7-9(10)13-11(15)3-2-4-12(13)16/h2-4,8-10,18H,5-7H2,1H3,(H,17,19). The quantitative estimate of drug-likeness (QED) is 0.858. The van der Waals surface area contributed by atoms with Crippen molar-refractivity contribution in [1.82, 2.24) is 5.32 Å². The summed E-state index contributed by atoms with van der Waals surface area (Å²) in [7, 11) is 0. The Labute approximate surface area is 110 Å². The fourth-order valence-corrected chi connectivity index (χ4v) is 2.20. The first kappa shape index (κ1) is 13.9. The lowest BCUT2D eigenvalue weighted by Crippen LogP contribution is -2.28. The Morgan fingerprint density at radius 3 is 2.68 bits per heavy atom. The fourth-order valence-electron chi connectivity index (χ4n) is 2.20. The number of carbonyl (C=O) groups is 1. The van der Waals surface area contributed by atoms with E-state index in [-0.39, 0.29) is 23.3 Å². The van der Waals surface area contributed by atoms with Gasteiger partial charge in [-0.2, -0.15) is 0 Å². The summed E-state index contributed by atoms with van der Waals surface area (Å²) in [6, 6.07) is 3.73. The van der Waals surface area contributed by atoms with Gasteiger partial charge in [0.25, 0.3) is 0 Å². The summed E-state index contributed by atoms with van der Waals surface area (Å²) in [5.74, 6) is -2.12. The molecule has 0 heterocycles. The number of aliphatic hydroxyl groups is 1. The zero-order valence-electron chi connectivity index (χ0n) is 10.7. The number of amides is 1. The van der Waals surface area contributed by atoms with Gasteiger partial charge in [-0.25, -0.2) is 8.78 Å². The Hall–Kier alpha value is -1.49. The summed E-state index contributed by atoms with van der Waals surface area (Å²) in [4.78, 5) is 11.8. The number of rotatable bonds is 5. The van der Waals surface area contributed by atoms with Crippen LogP contribution in [0.5, 0.6) is 0 Å². The van der Waals surface area contributed by atoms with Gasteiger partial charge in [-0.1, -0.05) is 6.07 Å². The van der Waals surface area contributed by atoms with Crippen LogP contribution in [0.4, 0.5) is 8.78 Å². The second-order valence-corrected chi connectivity index (χ2v) is 5.01. The molecule has 19 heavy (non-hydrogen) atoms. The Morgan fingerprint density at radius 1 is 1.47 bits per heavy atom. The van der Waals surface area contributed by atoms with E-state index < -0.39 is 17.7 Å². The predicted molar refractivity (Wildman–Crippen MR) is 66.5 cm³/mol. The van der Waals surface area contributed by atoms with E-state index in [4.69, 9.17) is 5.11 Å². The van der Waals surface area contributed by atoms with Gasteiger partial charge in [0, 0.05) is 23.9 Å². The zero-order valence-corrected chi connectivity index (χ0v) is 10.7. The third-order valence-electron chi connectivity index (χ3n) is 3.36. The second-order valence-electron chi connectivity index (χ2n) is 5.01. The normalized spacial score (nSPS) is 22.9. The summed E-state index contributed by atoms with van der Waals surface area (Å²) in [6.45, 7) is 2.01. The molecule has 1 aliphatic rings. The predicted octanol–water partition coefficient (Wildman–Crippen LogP) is 1.96. The van der Waals surface area contributed by atoms with E-state index in [1.165, 1.54) is 18.2 Å². The largest absolute Gasteiger partial charge is 0.393 e. The van der Waals surface area contributed by atoms with Crippen LogP contribution in [-0.2, 0) is 4.79 Å². The third-order valence-corrected chi connectivity index (χ3v) is 3.36. The van der Waals surface area contributed by atoms with Crippen LogP contribution >= 0.6 is 0 Å². The van der Waals surface area contributed by atoms with Crippen molar-refractivity contribution in [2.24, 2.45) is 5.92 Å². The van der Waals surface area contributed by atoms with E-state index in [9.17, 15) is 13.6 Å². The van der Waals surface area contributed by atoms with Crippen molar-refractivity contribution in [2.75, 3.05) is 6.54 Å². The van der Waals surface area contributed by atoms with Gasteiger partial charge >= 0.3 is 0 Å². The Kier molecular flexibility index (Phi) is 4.14. The topological polar surface area (TPSA) is 49.3 Å². The molecule has 1 saturated carbocycles. The molecule has 104 valence electrons. The molecule has 0 radical (unpaired) electrons. The van der Waals surface area contributed by atoms with Gasteiger partial charge in [0.1, 0.15) is 11.6 Å². The lowest BCUT2D eigenvalue weighted by atomic mass is 10.1. The smallest absolute Gasteiger partial charge is 0.223 e. The molecule has 1 aliphatic carbocycles. The van der Waals surface area contributed by atoms with Crippen molar-refractivity contribution in [3.63, 3.8) is 0 Å². The number of carbonyl (C=O) groups excluding carboxylic acids is 1. The molecule has 5 heteroatoms. The van der Waals surface area contributed by atoms with Crippen LogP contribution in [0.2, 0.25) is 0 Å². The number of nitrogens with one attached hydrogen (secondary N) is 1. The van der Waals surface area contributed by atoms with E-state index in [2.05, 4.69) is 5.32 Å². The number of aliphatic hydroxyl groups excluding tert-OH is 1. The van der Waals surface area contributed by atoms with Gasteiger partial charge in [0.15, 0.2) is 0 Å². The molecule has 0 saturated heterocycles. The molecule has 0 aromatic heterocycles. The van der Waals surface area contributed by atoms with Crippen molar-refractivity contribution in [3.8, 4) is 0 Å². The van der Waals surface area contributed by atoms with Crippen LogP contribution in [0.1, 0.15) is 31.2 Å². The minimum absolute atomic E-state index is 0.0122. The third kappa shape index (κ3) is 3.29. The van der Waals surface area contributed by atoms with Crippen LogP contribution in [-0.4, -0.2) is 23.7 Å². The highest BCUT2D eigenvalue weighted by atomic mass is 19.1. The number of hydrogen-bond acceptors (Lipinski definition) is 2. The Balaban J connectivity index is 1.92. The SMILES string of the molecule is CC(O)CCNC(=O)C1CC1c1c(F)cccc1F. The van der Waals surface area contributed by atoms with Crippen LogP contribution < -0.4 is 5.32 Å². The highest BCUT2D eigenvalue weighted by Crippen LogP contribution is 2.49. The maximum absolute atomic E-state index is 13.5. The summed E-state index contributed by atoms with van der Waals surface area (Å²) < 4.78 is 27.1. The molecule has 3 atom stereocenters. The first-order chi connectivity index (χ1) is 9.00. The molecule has 0 bridgehead atoms. The van der Waals surface area contributed by atoms with Crippen LogP contribution in [0, 0.1) is 17.6 Å². The summed E-state index contributed by atoms with van der Waals surface area (Å²) in [5, 5.41) is 11.7. The van der Waals surface area contributed by atoms with Crippen LogP contribution in [0.25, 0.3) is 0 Å². The first-order valence-corrected chi connectivity index (χ1v) is 6.40. The van der Waals surface area contributed by atoms with Gasteiger partial charge in [-0.15, -0.1) is 0 Å². The van der Waals surface area contributed by atoms with Crippen molar-refractivity contribution in [1.29, 1.82) is 0 Å². The van der Waals surface area contributed by atoms with E-state index in [0.29, 0.717) is 19.4 Å². The molecule has 0 aliphatic heterocycles. The molecule has 1 fully saturated rings. The monoisotopic (exact) mass is 269 g/mol. The average molecular weight is 269 g/mol. The minimum atomic E-state index is -0.593. The minimum Gasteiger partial charge on any atom is -0.393 e. The van der Waals surface area contributed by atoms with Crippen LogP contribution in [0.3, 0.4) is 0 Å². The highest BCUT2D eigenvalue weighted by molar-refractivity contribution is 5.82. The lowest BCUT2D eigenvalue weighted by molar-refractivity contribution is -0.122. The molecule has 1 aromatic carbocycles. The maximum atomic E-state index is 13.5. The van der Waals surface area contributed by atoms with Gasteiger partial charge in [0.2, 0.25) is 5.91 Å². The molecule has 1 aromatic rings. The lowest BCUT2D eigenvalue weighted by Gasteiger charge is -2.07. The van der Waals surface area contributed by atoms with Gasteiger partial charge in [-0.3, -0.25) is 4.79 Å². The molecule has 2 N–H and O–H groups in total. The molecular formula is C14H17F2NO2. The molecule has 1 amide bonds. The van der Waals surface area contributed by atoms with Crippen molar-refractivity contribution < 1.29 is 18.7 Å². The molecule has 0 spiro atoms. The summed E-state index contributed by atoms with van der Waals surface area (Å²) >= 11 is 0.